The molecule has 0 atom stereocenters. The van der Waals surface area contributed by atoms with Crippen LogP contribution in [0.15, 0.2) is 18.3 Å². The number of nitrogen functional groups attached to an aromatic ring is 1. The van der Waals surface area contributed by atoms with Crippen molar-refractivity contribution in [1.82, 2.24) is 10.3 Å². The molecule has 6 nitrogen and oxygen atoms in total. The predicted molar refractivity (Wildman–Crippen MR) is 61.3 cm³/mol. The Hall–Kier alpha value is -1.87. The van der Waals surface area contributed by atoms with Gasteiger partial charge < -0.3 is 15.5 Å². The van der Waals surface area contributed by atoms with Gasteiger partial charge in [0.1, 0.15) is 12.4 Å². The monoisotopic (exact) mass is 278 g/mol. The third-order valence-corrected chi connectivity index (χ3v) is 1.97. The number of amides is 1. The van der Waals surface area contributed by atoms with Crippen molar-refractivity contribution in [2.45, 2.75) is 6.18 Å². The van der Waals surface area contributed by atoms with Crippen molar-refractivity contribution in [2.75, 3.05) is 25.2 Å². The molecule has 1 heterocycles. The van der Waals surface area contributed by atoms with Crippen LogP contribution in [0.4, 0.5) is 19.0 Å². The van der Waals surface area contributed by atoms with Crippen molar-refractivity contribution in [3.63, 3.8) is 0 Å². The lowest BCUT2D eigenvalue weighted by Crippen LogP contribution is -2.29. The van der Waals surface area contributed by atoms with Gasteiger partial charge in [0.2, 0.25) is 0 Å². The molecule has 0 aliphatic rings. The highest BCUT2D eigenvalue weighted by molar-refractivity contribution is 5.94. The number of hydrogen-bond acceptors (Lipinski definition) is 5. The van der Waals surface area contributed by atoms with Crippen molar-refractivity contribution in [2.24, 2.45) is 5.84 Å². The zero-order chi connectivity index (χ0) is 14.3. The fraction of sp³-hybridized carbons (Fsp3) is 0.400. The Balaban J connectivity index is 2.31. The number of hydrazine groups is 1. The molecule has 0 unspecified atom stereocenters. The number of rotatable bonds is 6. The standard InChI is InChI=1S/C10H13F3N4O2/c11-10(12,13)6-19-4-3-16-9(18)7-1-2-15-8(5-7)17-14/h1-2,5H,3-4,6,14H2,(H,15,17)(H,16,18). The fourth-order valence-electron chi connectivity index (χ4n) is 1.18. The van der Waals surface area contributed by atoms with Gasteiger partial charge in [-0.15, -0.1) is 0 Å². The Bertz CT molecular complexity index is 425. The lowest BCUT2D eigenvalue weighted by atomic mass is 10.2. The highest BCUT2D eigenvalue weighted by Gasteiger charge is 2.27. The topological polar surface area (TPSA) is 89.3 Å². The van der Waals surface area contributed by atoms with E-state index in [-0.39, 0.29) is 13.2 Å². The minimum Gasteiger partial charge on any atom is -0.370 e. The molecule has 1 rings (SSSR count). The van der Waals surface area contributed by atoms with E-state index in [1.165, 1.54) is 18.3 Å². The van der Waals surface area contributed by atoms with Crippen molar-refractivity contribution < 1.29 is 22.7 Å². The summed E-state index contributed by atoms with van der Waals surface area (Å²) in [4.78, 5) is 15.4. The number of ether oxygens (including phenoxy) is 1. The summed E-state index contributed by atoms with van der Waals surface area (Å²) in [5, 5.41) is 2.41. The molecular weight excluding hydrogens is 265 g/mol. The van der Waals surface area contributed by atoms with E-state index in [0.29, 0.717) is 11.4 Å². The van der Waals surface area contributed by atoms with Crippen LogP contribution in [0.3, 0.4) is 0 Å². The maximum atomic E-state index is 11.8. The van der Waals surface area contributed by atoms with Gasteiger partial charge in [-0.3, -0.25) is 4.79 Å². The second-order valence-corrected chi connectivity index (χ2v) is 3.50. The second kappa shape index (κ2) is 6.90. The lowest BCUT2D eigenvalue weighted by molar-refractivity contribution is -0.173. The van der Waals surface area contributed by atoms with Crippen LogP contribution in [-0.4, -0.2) is 36.8 Å². The summed E-state index contributed by atoms with van der Waals surface area (Å²) in [6, 6.07) is 2.86. The number of aromatic nitrogens is 1. The van der Waals surface area contributed by atoms with Crippen molar-refractivity contribution in [1.29, 1.82) is 0 Å². The van der Waals surface area contributed by atoms with Crippen LogP contribution in [-0.2, 0) is 4.74 Å². The van der Waals surface area contributed by atoms with Crippen molar-refractivity contribution >= 4 is 11.7 Å². The average molecular weight is 278 g/mol. The van der Waals surface area contributed by atoms with Crippen LogP contribution in [0.5, 0.6) is 0 Å². The quantitative estimate of drug-likeness (QED) is 0.404. The number of nitrogens with one attached hydrogen (secondary N) is 2. The first-order chi connectivity index (χ1) is 8.92. The minimum atomic E-state index is -4.36. The van der Waals surface area contributed by atoms with E-state index in [0.717, 1.165) is 0 Å². The molecule has 0 fully saturated rings. The van der Waals surface area contributed by atoms with Gasteiger partial charge in [0, 0.05) is 18.3 Å². The van der Waals surface area contributed by atoms with E-state index in [1.54, 1.807) is 0 Å². The van der Waals surface area contributed by atoms with Gasteiger partial charge in [0.15, 0.2) is 0 Å². The first kappa shape index (κ1) is 15.2. The number of carbonyl (C=O) groups excluding carboxylic acids is 1. The molecule has 0 aliphatic heterocycles. The van der Waals surface area contributed by atoms with E-state index in [2.05, 4.69) is 20.5 Å². The number of alkyl halides is 3. The third-order valence-electron chi connectivity index (χ3n) is 1.97. The number of nitrogens with two attached hydrogens (primary N) is 1. The zero-order valence-electron chi connectivity index (χ0n) is 9.83. The highest BCUT2D eigenvalue weighted by Crippen LogP contribution is 2.13. The van der Waals surface area contributed by atoms with E-state index < -0.39 is 18.7 Å². The maximum Gasteiger partial charge on any atom is 0.411 e. The Labute approximate surface area is 107 Å². The molecule has 9 heteroatoms. The first-order valence-corrected chi connectivity index (χ1v) is 5.28. The summed E-state index contributed by atoms with van der Waals surface area (Å²) in [7, 11) is 0. The molecule has 19 heavy (non-hydrogen) atoms. The molecule has 106 valence electrons. The SMILES string of the molecule is NNc1cc(C(=O)NCCOCC(F)(F)F)ccn1. The maximum absolute atomic E-state index is 11.8. The van der Waals surface area contributed by atoms with Crippen molar-refractivity contribution in [3.8, 4) is 0 Å². The van der Waals surface area contributed by atoms with Crippen LogP contribution < -0.4 is 16.6 Å². The molecule has 0 bridgehead atoms. The molecule has 1 amide bonds. The molecule has 0 aliphatic carbocycles. The summed E-state index contributed by atoms with van der Waals surface area (Å²) < 4.78 is 39.6. The zero-order valence-corrected chi connectivity index (χ0v) is 9.83. The fourth-order valence-corrected chi connectivity index (χ4v) is 1.18. The van der Waals surface area contributed by atoms with E-state index in [1.807, 2.05) is 0 Å². The van der Waals surface area contributed by atoms with Gasteiger partial charge in [-0.1, -0.05) is 0 Å². The van der Waals surface area contributed by atoms with Crippen LogP contribution in [0, 0.1) is 0 Å². The summed E-state index contributed by atoms with van der Waals surface area (Å²) in [5.41, 5.74) is 2.56. The minimum absolute atomic E-state index is 0.0252. The first-order valence-electron chi connectivity index (χ1n) is 5.28. The Morgan fingerprint density at radius 3 is 2.84 bits per heavy atom. The number of pyridine rings is 1. The van der Waals surface area contributed by atoms with E-state index in [4.69, 9.17) is 5.84 Å². The molecule has 0 radical (unpaired) electrons. The normalized spacial score (nSPS) is 11.2. The molecule has 1 aromatic rings. The summed E-state index contributed by atoms with van der Waals surface area (Å²) in [5.74, 6) is 4.99. The number of halogens is 3. The van der Waals surface area contributed by atoms with Gasteiger partial charge >= 0.3 is 6.18 Å². The van der Waals surface area contributed by atoms with Crippen LogP contribution in [0.2, 0.25) is 0 Å². The van der Waals surface area contributed by atoms with Crippen LogP contribution >= 0.6 is 0 Å². The molecule has 0 saturated heterocycles. The Morgan fingerprint density at radius 2 is 2.21 bits per heavy atom. The number of anilines is 1. The summed E-state index contributed by atoms with van der Waals surface area (Å²) >= 11 is 0. The van der Waals surface area contributed by atoms with Gasteiger partial charge in [-0.25, -0.2) is 10.8 Å². The molecular formula is C10H13F3N4O2. The number of hydrogen-bond donors (Lipinski definition) is 3. The van der Waals surface area contributed by atoms with Gasteiger partial charge in [0.25, 0.3) is 5.91 Å². The second-order valence-electron chi connectivity index (χ2n) is 3.50. The summed E-state index contributed by atoms with van der Waals surface area (Å²) in [6.45, 7) is -1.58. The largest absolute Gasteiger partial charge is 0.411 e. The van der Waals surface area contributed by atoms with Gasteiger partial charge in [0.05, 0.1) is 6.61 Å². The van der Waals surface area contributed by atoms with Crippen LogP contribution in [0.25, 0.3) is 0 Å². The predicted octanol–water partition coefficient (Wildman–Crippen LogP) is 0.676. The highest BCUT2D eigenvalue weighted by atomic mass is 19.4. The number of nitrogens with zero attached hydrogens (tertiary/aromatic N) is 1. The Kier molecular flexibility index (Phi) is 5.52. The smallest absolute Gasteiger partial charge is 0.370 e. The average Bonchev–Trinajstić information content (AvgIpc) is 2.37. The van der Waals surface area contributed by atoms with Crippen molar-refractivity contribution in [3.05, 3.63) is 23.9 Å². The molecule has 0 spiro atoms. The third kappa shape index (κ3) is 6.02. The van der Waals surface area contributed by atoms with Crippen LogP contribution in [0.1, 0.15) is 10.4 Å². The molecule has 0 saturated carbocycles. The molecule has 1 aromatic heterocycles. The Morgan fingerprint density at radius 1 is 1.47 bits per heavy atom. The van der Waals surface area contributed by atoms with Gasteiger partial charge in [-0.2, -0.15) is 13.2 Å². The molecule has 4 N–H and O–H groups in total. The molecule has 0 aromatic carbocycles. The van der Waals surface area contributed by atoms with E-state index >= 15 is 0 Å². The van der Waals surface area contributed by atoms with E-state index in [9.17, 15) is 18.0 Å². The number of carbonyl (C=O) groups is 1. The summed E-state index contributed by atoms with van der Waals surface area (Å²) in [6.07, 6.45) is -2.99. The van der Waals surface area contributed by atoms with Gasteiger partial charge in [-0.05, 0) is 12.1 Å². The lowest BCUT2D eigenvalue weighted by Gasteiger charge is -2.09.